The third-order valence-corrected chi connectivity index (χ3v) is 3.57. The second kappa shape index (κ2) is 7.68. The maximum absolute atomic E-state index is 12.3. The average molecular weight is 328 g/mol. The van der Waals surface area contributed by atoms with E-state index >= 15 is 0 Å². The molecule has 6 heteroatoms. The molecule has 0 saturated carbocycles. The number of nitrogens with zero attached hydrogens (tertiary/aromatic N) is 2. The maximum atomic E-state index is 12.3. The van der Waals surface area contributed by atoms with Crippen molar-refractivity contribution in [2.75, 3.05) is 13.2 Å². The first kappa shape index (κ1) is 17.6. The molecule has 0 spiro atoms. The largest absolute Gasteiger partial charge is 0.465 e. The van der Waals surface area contributed by atoms with Crippen LogP contribution in [-0.2, 0) is 24.5 Å². The number of rotatable bonds is 6. The summed E-state index contributed by atoms with van der Waals surface area (Å²) >= 11 is 0. The number of benzene rings is 1. The van der Waals surface area contributed by atoms with Crippen LogP contribution in [0.2, 0.25) is 0 Å². The Morgan fingerprint density at radius 3 is 1.88 bits per heavy atom. The normalized spacial score (nSPS) is 11.0. The van der Waals surface area contributed by atoms with Gasteiger partial charge in [0.1, 0.15) is 0 Å². The molecule has 0 radical (unpaired) electrons. The first-order valence-electron chi connectivity index (χ1n) is 7.76. The fourth-order valence-electron chi connectivity index (χ4n) is 2.18. The van der Waals surface area contributed by atoms with Crippen molar-refractivity contribution in [1.82, 2.24) is 9.97 Å². The van der Waals surface area contributed by atoms with E-state index in [0.717, 1.165) is 11.1 Å². The summed E-state index contributed by atoms with van der Waals surface area (Å²) in [6, 6.07) is 9.58. The lowest BCUT2D eigenvalue weighted by Gasteiger charge is -2.23. The van der Waals surface area contributed by atoms with Gasteiger partial charge < -0.3 is 9.47 Å². The molecule has 24 heavy (non-hydrogen) atoms. The van der Waals surface area contributed by atoms with Crippen LogP contribution in [0.3, 0.4) is 0 Å². The number of hydrogen-bond donors (Lipinski definition) is 0. The van der Waals surface area contributed by atoms with Crippen molar-refractivity contribution in [3.05, 3.63) is 48.5 Å². The van der Waals surface area contributed by atoms with Gasteiger partial charge in [-0.2, -0.15) is 0 Å². The van der Waals surface area contributed by atoms with Crippen molar-refractivity contribution in [3.8, 4) is 11.1 Å². The molecule has 1 heterocycles. The van der Waals surface area contributed by atoms with E-state index in [1.807, 2.05) is 30.3 Å². The van der Waals surface area contributed by atoms with Crippen LogP contribution in [-0.4, -0.2) is 35.1 Å². The monoisotopic (exact) mass is 328 g/mol. The van der Waals surface area contributed by atoms with E-state index in [0.29, 0.717) is 0 Å². The molecule has 0 bridgehead atoms. The van der Waals surface area contributed by atoms with Crippen LogP contribution in [0.25, 0.3) is 11.1 Å². The predicted molar refractivity (Wildman–Crippen MR) is 88.1 cm³/mol. The molecule has 0 amide bonds. The molecule has 0 N–H and O–H groups in total. The third-order valence-electron chi connectivity index (χ3n) is 3.57. The average Bonchev–Trinajstić information content (AvgIpc) is 2.62. The first-order chi connectivity index (χ1) is 11.5. The molecular weight excluding hydrogens is 308 g/mol. The molecule has 0 atom stereocenters. The summed E-state index contributed by atoms with van der Waals surface area (Å²) in [5.41, 5.74) is 0.0359. The van der Waals surface area contributed by atoms with Gasteiger partial charge in [0.25, 0.3) is 0 Å². The molecular formula is C18H20N2O4. The molecule has 0 unspecified atom stereocenters. The molecule has 2 rings (SSSR count). The Morgan fingerprint density at radius 2 is 1.42 bits per heavy atom. The molecule has 1 aromatic heterocycles. The highest BCUT2D eigenvalue weighted by Crippen LogP contribution is 2.26. The van der Waals surface area contributed by atoms with Gasteiger partial charge in [-0.15, -0.1) is 0 Å². The van der Waals surface area contributed by atoms with Gasteiger partial charge >= 0.3 is 11.9 Å². The van der Waals surface area contributed by atoms with Crippen LogP contribution >= 0.6 is 0 Å². The minimum Gasteiger partial charge on any atom is -0.465 e. The van der Waals surface area contributed by atoms with Crippen LogP contribution in [0.4, 0.5) is 0 Å². The van der Waals surface area contributed by atoms with Crippen LogP contribution in [0, 0.1) is 0 Å². The number of ether oxygens (including phenoxy) is 2. The summed E-state index contributed by atoms with van der Waals surface area (Å²) in [6.45, 7) is 5.05. The highest BCUT2D eigenvalue weighted by atomic mass is 16.6. The Balaban J connectivity index is 2.40. The quantitative estimate of drug-likeness (QED) is 0.599. The van der Waals surface area contributed by atoms with Gasteiger partial charge in [0, 0.05) is 18.0 Å². The van der Waals surface area contributed by atoms with E-state index in [9.17, 15) is 9.59 Å². The minimum absolute atomic E-state index is 0.0547. The SMILES string of the molecule is CCOC(=O)C(C)(C(=O)OCC)c1ncc(-c2ccccc2)cn1. The Kier molecular flexibility index (Phi) is 5.63. The number of carbonyl (C=O) groups is 2. The van der Waals surface area contributed by atoms with E-state index in [1.165, 1.54) is 6.92 Å². The van der Waals surface area contributed by atoms with Crippen molar-refractivity contribution in [3.63, 3.8) is 0 Å². The summed E-state index contributed by atoms with van der Waals surface area (Å²) in [6.07, 6.45) is 3.16. The zero-order valence-corrected chi connectivity index (χ0v) is 14.0. The predicted octanol–water partition coefficient (Wildman–Crippen LogP) is 2.53. The van der Waals surface area contributed by atoms with Gasteiger partial charge in [0.15, 0.2) is 5.82 Å². The number of hydrogen-bond acceptors (Lipinski definition) is 6. The van der Waals surface area contributed by atoms with Gasteiger partial charge in [0.2, 0.25) is 5.41 Å². The van der Waals surface area contributed by atoms with Crippen LogP contribution in [0.1, 0.15) is 26.6 Å². The van der Waals surface area contributed by atoms with Crippen molar-refractivity contribution in [1.29, 1.82) is 0 Å². The van der Waals surface area contributed by atoms with Crippen LogP contribution in [0.15, 0.2) is 42.7 Å². The minimum atomic E-state index is -1.69. The lowest BCUT2D eigenvalue weighted by atomic mass is 9.89. The Labute approximate surface area is 140 Å². The van der Waals surface area contributed by atoms with E-state index < -0.39 is 17.4 Å². The topological polar surface area (TPSA) is 78.4 Å². The van der Waals surface area contributed by atoms with Gasteiger partial charge in [-0.3, -0.25) is 9.59 Å². The molecule has 0 aliphatic carbocycles. The smallest absolute Gasteiger partial charge is 0.331 e. The third kappa shape index (κ3) is 3.42. The first-order valence-corrected chi connectivity index (χ1v) is 7.76. The standard InChI is InChI=1S/C18H20N2O4/c1-4-23-16(21)18(3,17(22)24-5-2)15-19-11-14(12-20-15)13-9-7-6-8-10-13/h6-12H,4-5H2,1-3H3. The highest BCUT2D eigenvalue weighted by Gasteiger charge is 2.48. The Morgan fingerprint density at radius 1 is 0.917 bits per heavy atom. The lowest BCUT2D eigenvalue weighted by Crippen LogP contribution is -2.45. The molecule has 1 aromatic carbocycles. The zero-order valence-electron chi connectivity index (χ0n) is 14.0. The molecule has 2 aromatic rings. The fourth-order valence-corrected chi connectivity index (χ4v) is 2.18. The molecule has 6 nitrogen and oxygen atoms in total. The molecule has 0 fully saturated rings. The van der Waals surface area contributed by atoms with Crippen molar-refractivity contribution in [2.45, 2.75) is 26.2 Å². The van der Waals surface area contributed by atoms with Gasteiger partial charge in [-0.05, 0) is 26.3 Å². The van der Waals surface area contributed by atoms with E-state index in [2.05, 4.69) is 9.97 Å². The summed E-state index contributed by atoms with van der Waals surface area (Å²) < 4.78 is 10.0. The number of aromatic nitrogens is 2. The fraction of sp³-hybridized carbons (Fsp3) is 0.333. The molecule has 126 valence electrons. The van der Waals surface area contributed by atoms with Crippen molar-refractivity contribution >= 4 is 11.9 Å². The van der Waals surface area contributed by atoms with Crippen molar-refractivity contribution in [2.24, 2.45) is 0 Å². The Bertz CT molecular complexity index is 681. The van der Waals surface area contributed by atoms with E-state index in [1.54, 1.807) is 26.2 Å². The van der Waals surface area contributed by atoms with Gasteiger partial charge in [0.05, 0.1) is 13.2 Å². The van der Waals surface area contributed by atoms with Crippen molar-refractivity contribution < 1.29 is 19.1 Å². The molecule has 0 aliphatic heterocycles. The van der Waals surface area contributed by atoms with Gasteiger partial charge in [-0.25, -0.2) is 9.97 Å². The Hall–Kier alpha value is -2.76. The highest BCUT2D eigenvalue weighted by molar-refractivity contribution is 6.05. The summed E-state index contributed by atoms with van der Waals surface area (Å²) in [4.78, 5) is 33.1. The lowest BCUT2D eigenvalue weighted by molar-refractivity contribution is -0.164. The summed E-state index contributed by atoms with van der Waals surface area (Å²) in [5.74, 6) is -1.40. The van der Waals surface area contributed by atoms with Gasteiger partial charge in [-0.1, -0.05) is 30.3 Å². The summed E-state index contributed by atoms with van der Waals surface area (Å²) in [7, 11) is 0. The van der Waals surface area contributed by atoms with E-state index in [4.69, 9.17) is 9.47 Å². The molecule has 0 saturated heterocycles. The number of esters is 2. The van der Waals surface area contributed by atoms with Crippen LogP contribution < -0.4 is 0 Å². The number of carbonyl (C=O) groups excluding carboxylic acids is 2. The van der Waals surface area contributed by atoms with E-state index in [-0.39, 0.29) is 19.0 Å². The second-order valence-corrected chi connectivity index (χ2v) is 5.23. The summed E-state index contributed by atoms with van der Waals surface area (Å²) in [5, 5.41) is 0. The zero-order chi connectivity index (χ0) is 17.6. The second-order valence-electron chi connectivity index (χ2n) is 5.23. The molecule has 0 aliphatic rings. The van der Waals surface area contributed by atoms with Crippen LogP contribution in [0.5, 0.6) is 0 Å². The maximum Gasteiger partial charge on any atom is 0.331 e.